The highest BCUT2D eigenvalue weighted by Gasteiger charge is 2.35. The van der Waals surface area contributed by atoms with Gasteiger partial charge in [0.05, 0.1) is 22.6 Å². The molecule has 0 aliphatic rings. The van der Waals surface area contributed by atoms with Gasteiger partial charge in [-0.25, -0.2) is 4.98 Å². The average molecular weight is 419 g/mol. The molecule has 0 N–H and O–H groups in total. The van der Waals surface area contributed by atoms with E-state index in [1.54, 1.807) is 13.0 Å². The molecule has 12 nitrogen and oxygen atoms in total. The van der Waals surface area contributed by atoms with Gasteiger partial charge in [-0.2, -0.15) is 5.26 Å². The van der Waals surface area contributed by atoms with Crippen LogP contribution in [0.25, 0.3) is 11.1 Å². The molecule has 3 aromatic rings. The van der Waals surface area contributed by atoms with Crippen LogP contribution in [0.3, 0.4) is 0 Å². The highest BCUT2D eigenvalue weighted by Crippen LogP contribution is 2.35. The fourth-order valence-electron chi connectivity index (χ4n) is 2.71. The second-order valence-electron chi connectivity index (χ2n) is 5.86. The Bertz CT molecular complexity index is 1240. The first-order valence-electron chi connectivity index (χ1n) is 8.17. The lowest BCUT2D eigenvalue weighted by atomic mass is 10.0. The molecular formula is C16H11ClN6O6. The van der Waals surface area contributed by atoms with E-state index in [0.717, 1.165) is 10.7 Å². The minimum atomic E-state index is -1.52. The van der Waals surface area contributed by atoms with E-state index in [9.17, 15) is 30.3 Å². The summed E-state index contributed by atoms with van der Waals surface area (Å²) in [6, 6.07) is 5.38. The van der Waals surface area contributed by atoms with Crippen molar-refractivity contribution >= 4 is 34.2 Å². The number of rotatable bonds is 6. The summed E-state index contributed by atoms with van der Waals surface area (Å²) in [6.07, 6.45) is 0.478. The molecule has 13 heteroatoms. The molecule has 0 fully saturated rings. The van der Waals surface area contributed by atoms with Crippen LogP contribution in [0.5, 0.6) is 0 Å². The van der Waals surface area contributed by atoms with Crippen molar-refractivity contribution in [2.45, 2.75) is 25.8 Å². The van der Waals surface area contributed by atoms with Crippen molar-refractivity contribution in [3.05, 3.63) is 65.3 Å². The quantitative estimate of drug-likeness (QED) is 0.430. The Morgan fingerprint density at radius 2 is 2.07 bits per heavy atom. The van der Waals surface area contributed by atoms with E-state index >= 15 is 0 Å². The van der Waals surface area contributed by atoms with Crippen LogP contribution >= 0.6 is 11.6 Å². The number of nitro groups is 2. The number of hydrogen-bond acceptors (Lipinski definition) is 9. The molecule has 0 amide bonds. The lowest BCUT2D eigenvalue weighted by molar-refractivity contribution is -0.391. The topological polar surface area (TPSA) is 171 Å². The second kappa shape index (κ2) is 7.64. The van der Waals surface area contributed by atoms with Gasteiger partial charge in [0.25, 0.3) is 5.69 Å². The number of non-ortho nitro benzene ring substituents is 1. The molecule has 1 aromatic carbocycles. The minimum Gasteiger partial charge on any atom is -0.439 e. The molecule has 0 aliphatic heterocycles. The fourth-order valence-corrected chi connectivity index (χ4v) is 3.00. The van der Waals surface area contributed by atoms with Crippen LogP contribution in [0.15, 0.2) is 27.4 Å². The summed E-state index contributed by atoms with van der Waals surface area (Å²) in [6.45, 7) is 1.85. The van der Waals surface area contributed by atoms with Gasteiger partial charge in [0.15, 0.2) is 11.5 Å². The number of aromatic nitrogens is 3. The Kier molecular flexibility index (Phi) is 5.24. The maximum absolute atomic E-state index is 12.4. The summed E-state index contributed by atoms with van der Waals surface area (Å²) < 4.78 is 6.30. The first kappa shape index (κ1) is 19.9. The Hall–Kier alpha value is -3.85. The molecule has 2 heterocycles. The van der Waals surface area contributed by atoms with Crippen molar-refractivity contribution in [1.82, 2.24) is 14.8 Å². The zero-order valence-corrected chi connectivity index (χ0v) is 15.5. The number of oxazole rings is 1. The van der Waals surface area contributed by atoms with Gasteiger partial charge in [-0.05, 0) is 17.4 Å². The van der Waals surface area contributed by atoms with Crippen LogP contribution in [0.4, 0.5) is 11.5 Å². The summed E-state index contributed by atoms with van der Waals surface area (Å²) in [5.41, 5.74) is -1.30. The van der Waals surface area contributed by atoms with Gasteiger partial charge in [-0.1, -0.05) is 18.5 Å². The van der Waals surface area contributed by atoms with E-state index in [0.29, 0.717) is 6.42 Å². The third kappa shape index (κ3) is 3.50. The number of aryl methyl sites for hydroxylation is 1. The zero-order valence-electron chi connectivity index (χ0n) is 14.7. The van der Waals surface area contributed by atoms with Gasteiger partial charge < -0.3 is 14.5 Å². The maximum Gasteiger partial charge on any atom is 0.395 e. The zero-order chi connectivity index (χ0) is 21.3. The number of nitrogens with zero attached hydrogens (tertiary/aromatic N) is 6. The Labute approximate surface area is 166 Å². The SMILES string of the molecule is CCCn1nc([N+](=O)[O-])c([C@H](C#N)c2nc3cc([N+](=O)[O-])ccc3o2)c(Cl)c1=O. The van der Waals surface area contributed by atoms with Crippen molar-refractivity contribution in [2.24, 2.45) is 0 Å². The number of nitro benzene ring substituents is 1. The highest BCUT2D eigenvalue weighted by atomic mass is 35.5. The van der Waals surface area contributed by atoms with E-state index < -0.39 is 37.7 Å². The molecule has 29 heavy (non-hydrogen) atoms. The Morgan fingerprint density at radius 1 is 1.34 bits per heavy atom. The third-order valence-electron chi connectivity index (χ3n) is 3.99. The number of halogens is 1. The standard InChI is InChI=1S/C16H11ClN6O6/c1-2-5-21-16(24)13(17)12(14(20-21)23(27)28)9(7-18)15-19-10-6-8(22(25)26)3-4-11(10)29-15/h3-4,6,9H,2,5H2,1H3/t9-/m0/s1. The van der Waals surface area contributed by atoms with Crippen molar-refractivity contribution in [1.29, 1.82) is 5.26 Å². The summed E-state index contributed by atoms with van der Waals surface area (Å²) in [4.78, 5) is 37.4. The van der Waals surface area contributed by atoms with Crippen molar-refractivity contribution < 1.29 is 14.3 Å². The number of fused-ring (bicyclic) bond motifs is 1. The predicted molar refractivity (Wildman–Crippen MR) is 98.6 cm³/mol. The van der Waals surface area contributed by atoms with E-state index in [4.69, 9.17) is 16.0 Å². The smallest absolute Gasteiger partial charge is 0.395 e. The third-order valence-corrected chi connectivity index (χ3v) is 4.35. The molecule has 148 valence electrons. The fraction of sp³-hybridized carbons (Fsp3) is 0.250. The second-order valence-corrected chi connectivity index (χ2v) is 6.24. The first-order valence-corrected chi connectivity index (χ1v) is 8.55. The van der Waals surface area contributed by atoms with E-state index in [2.05, 4.69) is 10.1 Å². The van der Waals surface area contributed by atoms with Crippen molar-refractivity contribution in [3.63, 3.8) is 0 Å². The molecule has 0 saturated heterocycles. The van der Waals surface area contributed by atoms with Gasteiger partial charge in [0.2, 0.25) is 5.89 Å². The number of hydrogen-bond donors (Lipinski definition) is 0. The molecular weight excluding hydrogens is 408 g/mol. The Morgan fingerprint density at radius 3 is 2.66 bits per heavy atom. The highest BCUT2D eigenvalue weighted by molar-refractivity contribution is 6.31. The minimum absolute atomic E-state index is 0.0699. The molecule has 1 atom stereocenters. The van der Waals surface area contributed by atoms with E-state index in [1.807, 2.05) is 0 Å². The van der Waals surface area contributed by atoms with Crippen LogP contribution in [0.1, 0.15) is 30.7 Å². The largest absolute Gasteiger partial charge is 0.439 e. The van der Waals surface area contributed by atoms with Crippen LogP contribution in [-0.2, 0) is 6.54 Å². The summed E-state index contributed by atoms with van der Waals surface area (Å²) in [7, 11) is 0. The lowest BCUT2D eigenvalue weighted by Gasteiger charge is -2.09. The molecule has 0 spiro atoms. The maximum atomic E-state index is 12.4. The van der Waals surface area contributed by atoms with Crippen molar-refractivity contribution in [2.75, 3.05) is 0 Å². The van der Waals surface area contributed by atoms with Gasteiger partial charge in [-0.15, -0.1) is 4.68 Å². The Balaban J connectivity index is 2.23. The summed E-state index contributed by atoms with van der Waals surface area (Å²) in [5.74, 6) is -2.60. The van der Waals surface area contributed by atoms with Crippen LogP contribution in [0.2, 0.25) is 5.02 Å². The first-order chi connectivity index (χ1) is 13.8. The molecule has 3 rings (SSSR count). The number of benzene rings is 1. The predicted octanol–water partition coefficient (Wildman–Crippen LogP) is 2.92. The van der Waals surface area contributed by atoms with Gasteiger partial charge in [0.1, 0.15) is 16.1 Å². The average Bonchev–Trinajstić information content (AvgIpc) is 3.10. The van der Waals surface area contributed by atoms with Gasteiger partial charge in [-0.3, -0.25) is 14.9 Å². The molecule has 0 saturated carbocycles. The summed E-state index contributed by atoms with van der Waals surface area (Å²) >= 11 is 6.08. The lowest BCUT2D eigenvalue weighted by Crippen LogP contribution is -2.27. The van der Waals surface area contributed by atoms with Crippen molar-refractivity contribution in [3.8, 4) is 6.07 Å². The van der Waals surface area contributed by atoms with Crippen LogP contribution in [-0.4, -0.2) is 24.6 Å². The molecule has 0 unspecified atom stereocenters. The van der Waals surface area contributed by atoms with Gasteiger partial charge in [0, 0.05) is 12.1 Å². The van der Waals surface area contributed by atoms with Crippen LogP contribution < -0.4 is 5.56 Å². The van der Waals surface area contributed by atoms with E-state index in [1.165, 1.54) is 12.1 Å². The molecule has 0 radical (unpaired) electrons. The van der Waals surface area contributed by atoms with Gasteiger partial charge >= 0.3 is 11.4 Å². The molecule has 0 bridgehead atoms. The monoisotopic (exact) mass is 418 g/mol. The van der Waals surface area contributed by atoms with Crippen LogP contribution in [0, 0.1) is 31.6 Å². The molecule has 2 aromatic heterocycles. The summed E-state index contributed by atoms with van der Waals surface area (Å²) in [5, 5.41) is 35.2. The van der Waals surface area contributed by atoms with E-state index in [-0.39, 0.29) is 29.2 Å². The number of nitriles is 1. The molecule has 0 aliphatic carbocycles. The normalized spacial score (nSPS) is 11.9.